The summed E-state index contributed by atoms with van der Waals surface area (Å²) < 4.78 is 38.6. The van der Waals surface area contributed by atoms with Gasteiger partial charge in [-0.25, -0.2) is 4.39 Å². The lowest BCUT2D eigenvalue weighted by atomic mass is 10.1. The number of halogens is 1. The minimum Gasteiger partial charge on any atom is -0.333 e. The van der Waals surface area contributed by atoms with Crippen LogP contribution in [0.1, 0.15) is 22.8 Å². The molecule has 1 amide bonds. The number of para-hydroxylation sites is 1. The van der Waals surface area contributed by atoms with Gasteiger partial charge in [0.2, 0.25) is 0 Å². The van der Waals surface area contributed by atoms with E-state index in [0.29, 0.717) is 53.4 Å². The number of hydrogen-bond donors (Lipinski definition) is 3. The van der Waals surface area contributed by atoms with Crippen molar-refractivity contribution in [1.29, 1.82) is 0 Å². The lowest BCUT2D eigenvalue weighted by Gasteiger charge is -2.40. The van der Waals surface area contributed by atoms with Crippen LogP contribution in [0.25, 0.3) is 10.9 Å². The topological polar surface area (TPSA) is 88.9 Å². The maximum atomic E-state index is 14.0. The SMILES string of the molecule is CC1CN(Cc2ccccc2F)CCN1C(=O)c1ccc(NS(O)(O)c2cccc3cccnc23)cc1. The second-order valence-electron chi connectivity index (χ2n) is 9.23. The minimum absolute atomic E-state index is 0.0309. The van der Waals surface area contributed by atoms with Gasteiger partial charge in [0.15, 0.2) is 0 Å². The molecule has 1 saturated heterocycles. The molecule has 7 nitrogen and oxygen atoms in total. The third-order valence-electron chi connectivity index (χ3n) is 6.62. The molecule has 3 N–H and O–H groups in total. The lowest BCUT2D eigenvalue weighted by molar-refractivity contribution is 0.0473. The molecule has 0 aliphatic carbocycles. The average Bonchev–Trinajstić information content (AvgIpc) is 2.89. The number of carbonyl (C=O) groups excluding carboxylic acids is 1. The highest BCUT2D eigenvalue weighted by Crippen LogP contribution is 2.50. The van der Waals surface area contributed by atoms with Gasteiger partial charge in [-0.2, -0.15) is 0 Å². The van der Waals surface area contributed by atoms with Gasteiger partial charge in [0.25, 0.3) is 5.91 Å². The van der Waals surface area contributed by atoms with Crippen molar-refractivity contribution in [2.24, 2.45) is 0 Å². The molecule has 2 heterocycles. The molecule has 1 aliphatic heterocycles. The van der Waals surface area contributed by atoms with E-state index in [-0.39, 0.29) is 17.8 Å². The molecule has 0 bridgehead atoms. The Kier molecular flexibility index (Phi) is 7.12. The van der Waals surface area contributed by atoms with Crippen LogP contribution in [0.2, 0.25) is 0 Å². The van der Waals surface area contributed by atoms with E-state index in [1.54, 1.807) is 60.8 Å². The van der Waals surface area contributed by atoms with Crippen LogP contribution < -0.4 is 4.72 Å². The lowest BCUT2D eigenvalue weighted by Crippen LogP contribution is -2.53. The number of pyridine rings is 1. The predicted octanol–water partition coefficient (Wildman–Crippen LogP) is 5.86. The standard InChI is InChI=1S/C28H29FN4O3S/c1-20-18-32(19-23-6-2-3-9-25(23)29)16-17-33(20)28(34)22-11-13-24(14-12-22)31-37(35,36)26-10-4-7-21-8-5-15-30-27(21)26/h2-15,20,31,35-36H,16-19H2,1H3. The van der Waals surface area contributed by atoms with Crippen molar-refractivity contribution in [1.82, 2.24) is 14.8 Å². The van der Waals surface area contributed by atoms with Gasteiger partial charge < -0.3 is 4.90 Å². The van der Waals surface area contributed by atoms with Crippen molar-refractivity contribution < 1.29 is 18.3 Å². The molecule has 3 aromatic carbocycles. The van der Waals surface area contributed by atoms with Gasteiger partial charge in [-0.05, 0) is 49.4 Å². The summed E-state index contributed by atoms with van der Waals surface area (Å²) in [7, 11) is -3.38. The molecule has 5 rings (SSSR count). The Morgan fingerprint density at radius 3 is 2.54 bits per heavy atom. The molecular formula is C28H29FN4O3S. The summed E-state index contributed by atoms with van der Waals surface area (Å²) in [6.45, 7) is 4.36. The van der Waals surface area contributed by atoms with Crippen molar-refractivity contribution in [3.05, 3.63) is 102 Å². The number of piperazine rings is 1. The third-order valence-corrected chi connectivity index (χ3v) is 8.08. The average molecular weight is 521 g/mol. The van der Waals surface area contributed by atoms with Gasteiger partial charge in [0.05, 0.1) is 11.2 Å². The molecule has 1 unspecified atom stereocenters. The molecule has 192 valence electrons. The summed E-state index contributed by atoms with van der Waals surface area (Å²) in [5.41, 5.74) is 2.17. The van der Waals surface area contributed by atoms with Crippen molar-refractivity contribution in [3.63, 3.8) is 0 Å². The largest absolute Gasteiger partial charge is 0.333 e. The van der Waals surface area contributed by atoms with Crippen LogP contribution in [-0.4, -0.2) is 55.5 Å². The Hall–Kier alpha value is -3.50. The molecule has 1 aliphatic rings. The smallest absolute Gasteiger partial charge is 0.254 e. The van der Waals surface area contributed by atoms with E-state index < -0.39 is 10.8 Å². The van der Waals surface area contributed by atoms with E-state index in [9.17, 15) is 18.3 Å². The van der Waals surface area contributed by atoms with E-state index in [1.165, 1.54) is 6.07 Å². The summed E-state index contributed by atoms with van der Waals surface area (Å²) in [6.07, 6.45) is 1.61. The Morgan fingerprint density at radius 1 is 1.03 bits per heavy atom. The van der Waals surface area contributed by atoms with Crippen molar-refractivity contribution in [2.45, 2.75) is 24.4 Å². The van der Waals surface area contributed by atoms with Crippen LogP contribution in [0.15, 0.2) is 90.0 Å². The van der Waals surface area contributed by atoms with Crippen LogP contribution in [0.4, 0.5) is 10.1 Å². The van der Waals surface area contributed by atoms with E-state index in [0.717, 1.165) is 5.39 Å². The number of aromatic nitrogens is 1. The normalized spacial score (nSPS) is 17.1. The van der Waals surface area contributed by atoms with Gasteiger partial charge >= 0.3 is 0 Å². The van der Waals surface area contributed by atoms with Gasteiger partial charge in [-0.15, -0.1) is 0 Å². The van der Waals surface area contributed by atoms with Crippen LogP contribution in [-0.2, 0) is 6.54 Å². The second-order valence-corrected chi connectivity index (χ2v) is 11.0. The Balaban J connectivity index is 1.24. The Morgan fingerprint density at radius 2 is 1.78 bits per heavy atom. The number of nitrogens with zero attached hydrogens (tertiary/aromatic N) is 3. The monoisotopic (exact) mass is 520 g/mol. The maximum Gasteiger partial charge on any atom is 0.254 e. The highest BCUT2D eigenvalue weighted by molar-refractivity contribution is 8.25. The number of fused-ring (bicyclic) bond motifs is 1. The van der Waals surface area contributed by atoms with Gasteiger partial charge in [-0.3, -0.25) is 28.5 Å². The molecule has 9 heteroatoms. The van der Waals surface area contributed by atoms with Crippen molar-refractivity contribution in [3.8, 4) is 0 Å². The van der Waals surface area contributed by atoms with Crippen LogP contribution >= 0.6 is 10.8 Å². The molecule has 37 heavy (non-hydrogen) atoms. The summed E-state index contributed by atoms with van der Waals surface area (Å²) in [4.78, 5) is 21.8. The molecule has 1 aromatic heterocycles. The first-order chi connectivity index (χ1) is 17.8. The van der Waals surface area contributed by atoms with Gasteiger partial charge in [-0.1, -0.05) is 47.2 Å². The molecule has 1 fully saturated rings. The van der Waals surface area contributed by atoms with E-state index in [1.807, 2.05) is 30.0 Å². The number of nitrogens with one attached hydrogen (secondary N) is 1. The summed E-state index contributed by atoms with van der Waals surface area (Å²) in [6, 6.07) is 22.4. The van der Waals surface area contributed by atoms with Crippen LogP contribution in [0.5, 0.6) is 0 Å². The number of amides is 1. The number of hydrogen-bond acceptors (Lipinski definition) is 6. The number of carbonyl (C=O) groups is 1. The summed E-state index contributed by atoms with van der Waals surface area (Å²) >= 11 is 0. The third kappa shape index (κ3) is 5.45. The van der Waals surface area contributed by atoms with Crippen LogP contribution in [0.3, 0.4) is 0 Å². The molecule has 0 radical (unpaired) electrons. The number of anilines is 1. The van der Waals surface area contributed by atoms with Crippen molar-refractivity contribution >= 4 is 33.3 Å². The Labute approximate surface area is 217 Å². The zero-order valence-electron chi connectivity index (χ0n) is 20.4. The quantitative estimate of drug-likeness (QED) is 0.295. The van der Waals surface area contributed by atoms with Crippen molar-refractivity contribution in [2.75, 3.05) is 24.4 Å². The first-order valence-electron chi connectivity index (χ1n) is 12.1. The van der Waals surface area contributed by atoms with Gasteiger partial charge in [0, 0.05) is 54.9 Å². The predicted molar refractivity (Wildman–Crippen MR) is 145 cm³/mol. The van der Waals surface area contributed by atoms with E-state index in [2.05, 4.69) is 14.6 Å². The fourth-order valence-electron chi connectivity index (χ4n) is 4.72. The highest BCUT2D eigenvalue weighted by Gasteiger charge is 2.28. The minimum atomic E-state index is -3.38. The van der Waals surface area contributed by atoms with E-state index in [4.69, 9.17) is 0 Å². The molecule has 1 atom stereocenters. The summed E-state index contributed by atoms with van der Waals surface area (Å²) in [5.74, 6) is -0.301. The molecule has 0 saturated carbocycles. The molecule has 4 aromatic rings. The first kappa shape index (κ1) is 25.2. The second kappa shape index (κ2) is 10.5. The molecular weight excluding hydrogens is 491 g/mol. The fraction of sp³-hybridized carbons (Fsp3) is 0.214. The zero-order chi connectivity index (χ0) is 26.0. The number of benzene rings is 3. The van der Waals surface area contributed by atoms with E-state index >= 15 is 0 Å². The fourth-order valence-corrected chi connectivity index (χ4v) is 6.00. The summed E-state index contributed by atoms with van der Waals surface area (Å²) in [5, 5.41) is 0.811. The number of rotatable bonds is 6. The Bertz CT molecular complexity index is 1410. The molecule has 0 spiro atoms. The van der Waals surface area contributed by atoms with Gasteiger partial charge in [0.1, 0.15) is 10.7 Å². The zero-order valence-corrected chi connectivity index (χ0v) is 21.2. The highest BCUT2D eigenvalue weighted by atomic mass is 32.3. The van der Waals surface area contributed by atoms with Crippen LogP contribution in [0, 0.1) is 5.82 Å². The first-order valence-corrected chi connectivity index (χ1v) is 13.6. The maximum absolute atomic E-state index is 14.0.